The molecule has 4 rings (SSSR count). The molecular formula is C19H16N2O4. The van der Waals surface area contributed by atoms with Crippen LogP contribution in [0.25, 0.3) is 11.0 Å². The highest BCUT2D eigenvalue weighted by atomic mass is 16.6. The van der Waals surface area contributed by atoms with Gasteiger partial charge in [0.1, 0.15) is 11.3 Å². The van der Waals surface area contributed by atoms with Crippen LogP contribution in [0.3, 0.4) is 0 Å². The molecule has 25 heavy (non-hydrogen) atoms. The van der Waals surface area contributed by atoms with Crippen LogP contribution in [-0.2, 0) is 0 Å². The molecule has 6 heteroatoms. The normalized spacial score (nSPS) is 17.1. The summed E-state index contributed by atoms with van der Waals surface area (Å²) in [6.45, 7) is 1.30. The van der Waals surface area contributed by atoms with Crippen molar-refractivity contribution in [2.75, 3.05) is 18.0 Å². The first-order valence-electron chi connectivity index (χ1n) is 8.15. The standard InChI is InChI=1S/C19H16N2O4/c22-19-18(21(23)24)17(15-8-4-5-9-16(15)25-19)20-11-10-14(12-20)13-6-2-1-3-7-13/h1-9,14H,10-12H2/t14-/m0/s1. The van der Waals surface area contributed by atoms with E-state index in [0.29, 0.717) is 29.7 Å². The average Bonchev–Trinajstić information content (AvgIpc) is 3.10. The smallest absolute Gasteiger partial charge is 0.417 e. The van der Waals surface area contributed by atoms with Crippen LogP contribution in [0.5, 0.6) is 0 Å². The molecule has 0 radical (unpaired) electrons. The van der Waals surface area contributed by atoms with Gasteiger partial charge in [-0.1, -0.05) is 42.5 Å². The topological polar surface area (TPSA) is 76.6 Å². The van der Waals surface area contributed by atoms with Crippen molar-refractivity contribution >= 4 is 22.3 Å². The van der Waals surface area contributed by atoms with Crippen molar-refractivity contribution in [2.45, 2.75) is 12.3 Å². The first kappa shape index (κ1) is 15.4. The molecule has 0 bridgehead atoms. The van der Waals surface area contributed by atoms with Gasteiger partial charge in [0.05, 0.1) is 4.92 Å². The fourth-order valence-electron chi connectivity index (χ4n) is 3.57. The SMILES string of the molecule is O=c1oc2ccccc2c(N2CC[C@H](c3ccccc3)C2)c1[N+](=O)[O-]. The molecule has 1 saturated heterocycles. The summed E-state index contributed by atoms with van der Waals surface area (Å²) in [5.74, 6) is 0.284. The Kier molecular flexibility index (Phi) is 3.72. The summed E-state index contributed by atoms with van der Waals surface area (Å²) >= 11 is 0. The first-order chi connectivity index (χ1) is 12.1. The second kappa shape index (κ2) is 6.05. The van der Waals surface area contributed by atoms with Crippen molar-refractivity contribution in [3.63, 3.8) is 0 Å². The Morgan fingerprint density at radius 1 is 1.08 bits per heavy atom. The maximum atomic E-state index is 12.2. The van der Waals surface area contributed by atoms with E-state index in [0.717, 1.165) is 6.42 Å². The quantitative estimate of drug-likeness (QED) is 0.414. The van der Waals surface area contributed by atoms with Crippen molar-refractivity contribution in [3.05, 3.63) is 80.7 Å². The molecule has 1 fully saturated rings. The molecular weight excluding hydrogens is 320 g/mol. The zero-order valence-corrected chi connectivity index (χ0v) is 13.4. The minimum absolute atomic E-state index is 0.284. The van der Waals surface area contributed by atoms with Gasteiger partial charge in [0.15, 0.2) is 0 Å². The second-order valence-corrected chi connectivity index (χ2v) is 6.18. The fourth-order valence-corrected chi connectivity index (χ4v) is 3.57. The summed E-state index contributed by atoms with van der Waals surface area (Å²) in [6, 6.07) is 17.1. The average molecular weight is 336 g/mol. The Hall–Kier alpha value is -3.15. The first-order valence-corrected chi connectivity index (χ1v) is 8.15. The number of anilines is 1. The zero-order chi connectivity index (χ0) is 17.4. The number of nitro groups is 1. The minimum atomic E-state index is -0.901. The van der Waals surface area contributed by atoms with Crippen LogP contribution in [0.1, 0.15) is 17.9 Å². The predicted molar refractivity (Wildman–Crippen MR) is 95.2 cm³/mol. The molecule has 1 aliphatic heterocycles. The van der Waals surface area contributed by atoms with Crippen LogP contribution in [0.4, 0.5) is 11.4 Å². The van der Waals surface area contributed by atoms with Gasteiger partial charge in [-0.05, 0) is 24.1 Å². The summed E-state index contributed by atoms with van der Waals surface area (Å²) in [5.41, 5.74) is 0.570. The number of hydrogen-bond acceptors (Lipinski definition) is 5. The van der Waals surface area contributed by atoms with Gasteiger partial charge in [-0.25, -0.2) is 4.79 Å². The number of benzene rings is 2. The third-order valence-corrected chi connectivity index (χ3v) is 4.72. The van der Waals surface area contributed by atoms with Crippen molar-refractivity contribution in [2.24, 2.45) is 0 Å². The number of fused-ring (bicyclic) bond motifs is 1. The molecule has 6 nitrogen and oxygen atoms in total. The molecule has 1 aromatic heterocycles. The number of rotatable bonds is 3. The third kappa shape index (κ3) is 2.65. The van der Waals surface area contributed by atoms with E-state index in [1.165, 1.54) is 5.56 Å². The lowest BCUT2D eigenvalue weighted by atomic mass is 9.99. The van der Waals surface area contributed by atoms with Gasteiger partial charge in [-0.15, -0.1) is 0 Å². The van der Waals surface area contributed by atoms with Crippen LogP contribution < -0.4 is 10.5 Å². The van der Waals surface area contributed by atoms with Gasteiger partial charge in [0.25, 0.3) is 0 Å². The zero-order valence-electron chi connectivity index (χ0n) is 13.4. The van der Waals surface area contributed by atoms with E-state index < -0.39 is 16.2 Å². The molecule has 0 amide bonds. The van der Waals surface area contributed by atoms with Gasteiger partial charge in [-0.2, -0.15) is 0 Å². The second-order valence-electron chi connectivity index (χ2n) is 6.18. The number of para-hydroxylation sites is 1. The van der Waals surface area contributed by atoms with Gasteiger partial charge < -0.3 is 9.32 Å². The van der Waals surface area contributed by atoms with E-state index >= 15 is 0 Å². The van der Waals surface area contributed by atoms with Crippen molar-refractivity contribution in [3.8, 4) is 0 Å². The monoisotopic (exact) mass is 336 g/mol. The fraction of sp³-hybridized carbons (Fsp3) is 0.211. The Morgan fingerprint density at radius 3 is 2.56 bits per heavy atom. The van der Waals surface area contributed by atoms with Crippen LogP contribution in [0.15, 0.2) is 63.8 Å². The maximum absolute atomic E-state index is 12.2. The molecule has 2 aromatic carbocycles. The molecule has 0 saturated carbocycles. The van der Waals surface area contributed by atoms with Crippen LogP contribution in [0.2, 0.25) is 0 Å². The third-order valence-electron chi connectivity index (χ3n) is 4.72. The lowest BCUT2D eigenvalue weighted by Crippen LogP contribution is -2.23. The highest BCUT2D eigenvalue weighted by Gasteiger charge is 2.33. The Bertz CT molecular complexity index is 997. The predicted octanol–water partition coefficient (Wildman–Crippen LogP) is 3.70. The summed E-state index contributed by atoms with van der Waals surface area (Å²) in [6.07, 6.45) is 0.885. The van der Waals surface area contributed by atoms with Crippen molar-refractivity contribution in [1.82, 2.24) is 0 Å². The van der Waals surface area contributed by atoms with Crippen LogP contribution in [0, 0.1) is 10.1 Å². The molecule has 0 unspecified atom stereocenters. The van der Waals surface area contributed by atoms with E-state index in [1.807, 2.05) is 23.1 Å². The Balaban J connectivity index is 1.82. The van der Waals surface area contributed by atoms with Crippen molar-refractivity contribution in [1.29, 1.82) is 0 Å². The summed E-state index contributed by atoms with van der Waals surface area (Å²) in [4.78, 5) is 25.0. The van der Waals surface area contributed by atoms with E-state index in [9.17, 15) is 14.9 Å². The molecule has 0 aliphatic carbocycles. The van der Waals surface area contributed by atoms with Gasteiger partial charge in [0.2, 0.25) is 0 Å². The summed E-state index contributed by atoms with van der Waals surface area (Å²) in [7, 11) is 0. The molecule has 0 N–H and O–H groups in total. The van der Waals surface area contributed by atoms with Crippen LogP contribution >= 0.6 is 0 Å². The van der Waals surface area contributed by atoms with E-state index in [1.54, 1.807) is 24.3 Å². The largest absolute Gasteiger partial charge is 0.418 e. The lowest BCUT2D eigenvalue weighted by Gasteiger charge is -2.19. The Morgan fingerprint density at radius 2 is 1.80 bits per heavy atom. The highest BCUT2D eigenvalue weighted by Crippen LogP contribution is 2.38. The molecule has 126 valence electrons. The van der Waals surface area contributed by atoms with Crippen LogP contribution in [-0.4, -0.2) is 18.0 Å². The molecule has 1 aliphatic rings. The van der Waals surface area contributed by atoms with Crippen molar-refractivity contribution < 1.29 is 9.34 Å². The molecule has 3 aromatic rings. The molecule has 1 atom stereocenters. The maximum Gasteiger partial charge on any atom is 0.417 e. The van der Waals surface area contributed by atoms with E-state index in [4.69, 9.17) is 4.42 Å². The Labute approximate surface area is 143 Å². The lowest BCUT2D eigenvalue weighted by molar-refractivity contribution is -0.386. The highest BCUT2D eigenvalue weighted by molar-refractivity contribution is 5.95. The summed E-state index contributed by atoms with van der Waals surface area (Å²) in [5, 5.41) is 12.1. The summed E-state index contributed by atoms with van der Waals surface area (Å²) < 4.78 is 5.14. The molecule has 0 spiro atoms. The minimum Gasteiger partial charge on any atom is -0.418 e. The van der Waals surface area contributed by atoms with Gasteiger partial charge in [0, 0.05) is 24.4 Å². The number of nitrogens with zero attached hydrogens (tertiary/aromatic N) is 2. The van der Waals surface area contributed by atoms with E-state index in [-0.39, 0.29) is 5.92 Å². The van der Waals surface area contributed by atoms with E-state index in [2.05, 4.69) is 12.1 Å². The molecule has 2 heterocycles. The van der Waals surface area contributed by atoms with Gasteiger partial charge >= 0.3 is 11.3 Å². The number of hydrogen-bond donors (Lipinski definition) is 0. The van der Waals surface area contributed by atoms with Gasteiger partial charge in [-0.3, -0.25) is 10.1 Å².